The number of benzene rings is 1. The maximum atomic E-state index is 3.60. The van der Waals surface area contributed by atoms with E-state index in [0.29, 0.717) is 5.25 Å². The van der Waals surface area contributed by atoms with Gasteiger partial charge in [-0.05, 0) is 37.0 Å². The molecule has 0 bridgehead atoms. The molecule has 0 radical (unpaired) electrons. The highest BCUT2D eigenvalue weighted by Crippen LogP contribution is 2.31. The molecule has 0 spiro atoms. The van der Waals surface area contributed by atoms with Gasteiger partial charge in [0, 0.05) is 27.2 Å². The average Bonchev–Trinajstić information content (AvgIpc) is 3.12. The van der Waals surface area contributed by atoms with Crippen LogP contribution in [0.5, 0.6) is 0 Å². The molecule has 17 heavy (non-hydrogen) atoms. The van der Waals surface area contributed by atoms with Crippen molar-refractivity contribution in [1.82, 2.24) is 5.32 Å². The third-order valence-corrected chi connectivity index (χ3v) is 4.95. The molecule has 1 fully saturated rings. The van der Waals surface area contributed by atoms with Gasteiger partial charge in [0.15, 0.2) is 0 Å². The number of thioether (sulfide) groups is 1. The van der Waals surface area contributed by atoms with Gasteiger partial charge in [0.05, 0.1) is 0 Å². The normalized spacial score (nSPS) is 17.1. The van der Waals surface area contributed by atoms with Crippen molar-refractivity contribution < 1.29 is 0 Å². The van der Waals surface area contributed by atoms with Crippen molar-refractivity contribution in [3.05, 3.63) is 28.2 Å². The van der Waals surface area contributed by atoms with Gasteiger partial charge in [-0.3, -0.25) is 0 Å². The van der Waals surface area contributed by atoms with Gasteiger partial charge in [-0.1, -0.05) is 35.8 Å². The van der Waals surface area contributed by atoms with E-state index in [2.05, 4.69) is 53.3 Å². The third-order valence-electron chi connectivity index (χ3n) is 3.09. The fraction of sp³-hybridized carbons (Fsp3) is 0.571. The summed E-state index contributed by atoms with van der Waals surface area (Å²) < 4.78 is 1.18. The number of halogens is 1. The zero-order valence-electron chi connectivity index (χ0n) is 10.5. The Bertz CT molecular complexity index is 376. The van der Waals surface area contributed by atoms with Crippen molar-refractivity contribution in [2.45, 2.75) is 55.8 Å². The Balaban J connectivity index is 2.05. The van der Waals surface area contributed by atoms with Gasteiger partial charge in [-0.2, -0.15) is 0 Å². The van der Waals surface area contributed by atoms with Gasteiger partial charge in [0.2, 0.25) is 0 Å². The summed E-state index contributed by atoms with van der Waals surface area (Å²) in [5.41, 5.74) is 1.44. The fourth-order valence-corrected chi connectivity index (χ4v) is 3.23. The summed E-state index contributed by atoms with van der Waals surface area (Å²) in [7, 11) is 0. The number of rotatable bonds is 6. The first-order valence-corrected chi connectivity index (χ1v) is 8.04. The van der Waals surface area contributed by atoms with Gasteiger partial charge < -0.3 is 5.32 Å². The maximum absolute atomic E-state index is 3.60. The van der Waals surface area contributed by atoms with Gasteiger partial charge in [-0.25, -0.2) is 0 Å². The van der Waals surface area contributed by atoms with E-state index in [9.17, 15) is 0 Å². The van der Waals surface area contributed by atoms with E-state index >= 15 is 0 Å². The van der Waals surface area contributed by atoms with E-state index in [0.717, 1.165) is 12.6 Å². The molecular formula is C14H20BrNS. The molecule has 0 aromatic heterocycles. The first kappa shape index (κ1) is 13.4. The quantitative estimate of drug-likeness (QED) is 0.771. The molecule has 1 aromatic carbocycles. The Kier molecular flexibility index (Phi) is 4.95. The highest BCUT2D eigenvalue weighted by molar-refractivity contribution is 9.10. The molecule has 1 unspecified atom stereocenters. The van der Waals surface area contributed by atoms with Crippen molar-refractivity contribution in [3.8, 4) is 0 Å². The zero-order valence-corrected chi connectivity index (χ0v) is 12.9. The van der Waals surface area contributed by atoms with Crippen LogP contribution in [0.15, 0.2) is 27.6 Å². The van der Waals surface area contributed by atoms with Crippen LogP contribution in [0.4, 0.5) is 0 Å². The van der Waals surface area contributed by atoms with Crippen LogP contribution in [-0.2, 0) is 6.54 Å². The van der Waals surface area contributed by atoms with Crippen LogP contribution in [0.3, 0.4) is 0 Å². The van der Waals surface area contributed by atoms with Crippen molar-refractivity contribution >= 4 is 27.7 Å². The Morgan fingerprint density at radius 3 is 2.88 bits per heavy atom. The lowest BCUT2D eigenvalue weighted by Gasteiger charge is -2.14. The zero-order chi connectivity index (χ0) is 12.3. The van der Waals surface area contributed by atoms with Crippen LogP contribution in [0.25, 0.3) is 0 Å². The van der Waals surface area contributed by atoms with E-state index in [1.807, 2.05) is 11.8 Å². The molecule has 1 N–H and O–H groups in total. The largest absolute Gasteiger partial charge is 0.310 e. The second-order valence-corrected chi connectivity index (χ2v) is 7.14. The topological polar surface area (TPSA) is 12.0 Å². The van der Waals surface area contributed by atoms with Gasteiger partial charge in [0.1, 0.15) is 0 Å². The second-order valence-electron chi connectivity index (χ2n) is 4.74. The van der Waals surface area contributed by atoms with Gasteiger partial charge >= 0.3 is 0 Å². The molecule has 1 aromatic rings. The summed E-state index contributed by atoms with van der Waals surface area (Å²) in [5.74, 6) is 0. The smallest absolute Gasteiger partial charge is 0.0219 e. The minimum atomic E-state index is 0.684. The molecule has 1 nitrogen and oxygen atoms in total. The summed E-state index contributed by atoms with van der Waals surface area (Å²) in [6.07, 6.45) is 3.92. The molecule has 1 aliphatic rings. The molecule has 94 valence electrons. The standard InChI is InChI=1S/C14H20BrNS/c1-3-10(2)17-14-8-12(15)5-4-11(14)9-16-13-6-7-13/h4-5,8,10,13,16H,3,6-7,9H2,1-2H3. The first-order valence-electron chi connectivity index (χ1n) is 6.37. The summed E-state index contributed by atoms with van der Waals surface area (Å²) >= 11 is 5.55. The number of hydrogen-bond acceptors (Lipinski definition) is 2. The first-order chi connectivity index (χ1) is 8.19. The van der Waals surface area contributed by atoms with Crippen molar-refractivity contribution in [2.75, 3.05) is 0 Å². The molecule has 3 heteroatoms. The Labute approximate surface area is 117 Å². The van der Waals surface area contributed by atoms with Crippen LogP contribution >= 0.6 is 27.7 Å². The molecule has 1 aliphatic carbocycles. The Morgan fingerprint density at radius 2 is 2.24 bits per heavy atom. The monoisotopic (exact) mass is 313 g/mol. The Morgan fingerprint density at radius 1 is 1.47 bits per heavy atom. The van der Waals surface area contributed by atoms with Crippen LogP contribution in [0.1, 0.15) is 38.7 Å². The molecular weight excluding hydrogens is 294 g/mol. The lowest BCUT2D eigenvalue weighted by atomic mass is 10.2. The average molecular weight is 314 g/mol. The predicted molar refractivity (Wildman–Crippen MR) is 79.6 cm³/mol. The number of nitrogens with one attached hydrogen (secondary N) is 1. The molecule has 1 saturated carbocycles. The highest BCUT2D eigenvalue weighted by Gasteiger charge is 2.20. The minimum absolute atomic E-state index is 0.684. The summed E-state index contributed by atoms with van der Waals surface area (Å²) in [5, 5.41) is 4.28. The van der Waals surface area contributed by atoms with Crippen LogP contribution in [0, 0.1) is 0 Å². The number of hydrogen-bond donors (Lipinski definition) is 1. The van der Waals surface area contributed by atoms with E-state index in [4.69, 9.17) is 0 Å². The van der Waals surface area contributed by atoms with Crippen LogP contribution in [0.2, 0.25) is 0 Å². The van der Waals surface area contributed by atoms with Crippen LogP contribution < -0.4 is 5.32 Å². The van der Waals surface area contributed by atoms with Crippen molar-refractivity contribution in [1.29, 1.82) is 0 Å². The minimum Gasteiger partial charge on any atom is -0.310 e. The third kappa shape index (κ3) is 4.31. The van der Waals surface area contributed by atoms with E-state index in [1.165, 1.54) is 34.2 Å². The van der Waals surface area contributed by atoms with E-state index in [1.54, 1.807) is 0 Å². The summed E-state index contributed by atoms with van der Waals surface area (Å²) in [4.78, 5) is 1.42. The van der Waals surface area contributed by atoms with E-state index < -0.39 is 0 Å². The Hall–Kier alpha value is 0.01000. The van der Waals surface area contributed by atoms with Gasteiger partial charge in [0.25, 0.3) is 0 Å². The molecule has 0 heterocycles. The van der Waals surface area contributed by atoms with Crippen molar-refractivity contribution in [2.24, 2.45) is 0 Å². The molecule has 0 aliphatic heterocycles. The lowest BCUT2D eigenvalue weighted by molar-refractivity contribution is 0.680. The molecule has 0 saturated heterocycles. The highest BCUT2D eigenvalue weighted by atomic mass is 79.9. The summed E-state index contributed by atoms with van der Waals surface area (Å²) in [6, 6.07) is 7.41. The SMILES string of the molecule is CCC(C)Sc1cc(Br)ccc1CNC1CC1. The molecule has 0 amide bonds. The molecule has 2 rings (SSSR count). The summed E-state index contributed by atoms with van der Waals surface area (Å²) in [6.45, 7) is 5.55. The second kappa shape index (κ2) is 6.26. The molecule has 1 atom stereocenters. The maximum Gasteiger partial charge on any atom is 0.0219 e. The van der Waals surface area contributed by atoms with Gasteiger partial charge in [-0.15, -0.1) is 11.8 Å². The van der Waals surface area contributed by atoms with E-state index in [-0.39, 0.29) is 0 Å². The lowest BCUT2D eigenvalue weighted by Crippen LogP contribution is -2.16. The predicted octanol–water partition coefficient (Wildman–Crippen LogP) is 4.59. The fourth-order valence-electron chi connectivity index (χ4n) is 1.63. The van der Waals surface area contributed by atoms with Crippen molar-refractivity contribution in [3.63, 3.8) is 0 Å². The van der Waals surface area contributed by atoms with Crippen LogP contribution in [-0.4, -0.2) is 11.3 Å².